The first-order chi connectivity index (χ1) is 15.2. The van der Waals surface area contributed by atoms with E-state index in [1.807, 2.05) is 60.2 Å². The maximum atomic E-state index is 13.0. The lowest BCUT2D eigenvalue weighted by Gasteiger charge is -2.10. The van der Waals surface area contributed by atoms with Gasteiger partial charge in [0.15, 0.2) is 0 Å². The molecule has 158 valence electrons. The number of hydrogen-bond acceptors (Lipinski definition) is 4. The molecule has 5 rings (SSSR count). The molecule has 1 saturated heterocycles. The zero-order valence-electron chi connectivity index (χ0n) is 17.5. The Kier molecular flexibility index (Phi) is 5.26. The number of ether oxygens (including phenoxy) is 1. The molecule has 4 aromatic heterocycles. The molecule has 1 aliphatic heterocycles. The minimum Gasteiger partial charge on any atom is -0.376 e. The summed E-state index contributed by atoms with van der Waals surface area (Å²) in [7, 11) is 0. The van der Waals surface area contributed by atoms with Gasteiger partial charge in [0.2, 0.25) is 0 Å². The summed E-state index contributed by atoms with van der Waals surface area (Å²) in [5, 5.41) is 3.04. The highest BCUT2D eigenvalue weighted by molar-refractivity contribution is 6.02. The topological polar surface area (TPSA) is 73.4 Å². The molecule has 0 radical (unpaired) electrons. The van der Waals surface area contributed by atoms with Gasteiger partial charge in [0, 0.05) is 37.9 Å². The number of hydrogen-bond donors (Lipinski definition) is 1. The summed E-state index contributed by atoms with van der Waals surface area (Å²) in [5.74, 6) is 0.825. The van der Waals surface area contributed by atoms with Crippen LogP contribution in [0.3, 0.4) is 0 Å². The van der Waals surface area contributed by atoms with Gasteiger partial charge in [-0.2, -0.15) is 0 Å². The van der Waals surface area contributed by atoms with Crippen molar-refractivity contribution in [3.05, 3.63) is 78.1 Å². The number of fused-ring (bicyclic) bond motifs is 1. The predicted molar refractivity (Wildman–Crippen MR) is 118 cm³/mol. The van der Waals surface area contributed by atoms with E-state index in [0.29, 0.717) is 18.7 Å². The maximum absolute atomic E-state index is 13.0. The Bertz CT molecular complexity index is 1210. The van der Waals surface area contributed by atoms with E-state index < -0.39 is 0 Å². The second-order valence-corrected chi connectivity index (χ2v) is 7.91. The van der Waals surface area contributed by atoms with Gasteiger partial charge < -0.3 is 19.0 Å². The molecule has 1 amide bonds. The van der Waals surface area contributed by atoms with Crippen molar-refractivity contribution in [2.75, 3.05) is 13.2 Å². The number of rotatable bonds is 6. The van der Waals surface area contributed by atoms with Gasteiger partial charge in [0.05, 0.1) is 29.4 Å². The van der Waals surface area contributed by atoms with Crippen LogP contribution in [0.1, 0.15) is 34.6 Å². The van der Waals surface area contributed by atoms with Crippen LogP contribution in [-0.2, 0) is 11.3 Å². The summed E-state index contributed by atoms with van der Waals surface area (Å²) >= 11 is 0. The van der Waals surface area contributed by atoms with Crippen molar-refractivity contribution < 1.29 is 9.53 Å². The zero-order valence-corrected chi connectivity index (χ0v) is 17.5. The second kappa shape index (κ2) is 8.35. The van der Waals surface area contributed by atoms with E-state index in [1.54, 1.807) is 6.20 Å². The first-order valence-electron chi connectivity index (χ1n) is 10.6. The third kappa shape index (κ3) is 3.96. The zero-order chi connectivity index (χ0) is 21.2. The number of nitrogens with one attached hydrogen (secondary N) is 1. The van der Waals surface area contributed by atoms with Crippen LogP contribution in [0.25, 0.3) is 16.9 Å². The monoisotopic (exact) mass is 415 g/mol. The quantitative estimate of drug-likeness (QED) is 0.523. The molecule has 5 heterocycles. The number of aryl methyl sites for hydroxylation is 1. The van der Waals surface area contributed by atoms with Gasteiger partial charge >= 0.3 is 0 Å². The summed E-state index contributed by atoms with van der Waals surface area (Å²) in [5.41, 5.74) is 4.35. The van der Waals surface area contributed by atoms with E-state index in [1.165, 1.54) is 0 Å². The summed E-state index contributed by atoms with van der Waals surface area (Å²) in [6, 6.07) is 11.8. The van der Waals surface area contributed by atoms with Crippen molar-refractivity contribution in [2.45, 2.75) is 32.4 Å². The molecule has 0 unspecified atom stereocenters. The molecular formula is C24H25N5O2. The third-order valence-corrected chi connectivity index (χ3v) is 5.75. The lowest BCUT2D eigenvalue weighted by molar-refractivity contribution is 0.0859. The number of nitrogens with zero attached hydrogens (tertiary/aromatic N) is 4. The number of pyridine rings is 2. The third-order valence-electron chi connectivity index (χ3n) is 5.75. The molecule has 0 aliphatic carbocycles. The molecule has 7 heteroatoms. The van der Waals surface area contributed by atoms with Gasteiger partial charge in [0.1, 0.15) is 11.5 Å². The molecule has 1 atom stereocenters. The minimum atomic E-state index is -0.0861. The summed E-state index contributed by atoms with van der Waals surface area (Å²) in [6.45, 7) is 4.01. The number of carbonyl (C=O) groups is 1. The molecule has 7 nitrogen and oxygen atoms in total. The number of imidazole rings is 1. The molecule has 0 aromatic carbocycles. The van der Waals surface area contributed by atoms with Crippen LogP contribution in [0.15, 0.2) is 61.2 Å². The number of carbonyl (C=O) groups excluding carboxylic acids is 1. The van der Waals surface area contributed by atoms with E-state index in [9.17, 15) is 4.79 Å². The fourth-order valence-electron chi connectivity index (χ4n) is 4.12. The van der Waals surface area contributed by atoms with Crippen LogP contribution in [-0.4, -0.2) is 44.1 Å². The van der Waals surface area contributed by atoms with Crippen molar-refractivity contribution in [2.24, 2.45) is 0 Å². The highest BCUT2D eigenvalue weighted by Crippen LogP contribution is 2.26. The van der Waals surface area contributed by atoms with Crippen LogP contribution in [0.2, 0.25) is 0 Å². The molecule has 0 saturated carbocycles. The van der Waals surface area contributed by atoms with E-state index in [4.69, 9.17) is 9.72 Å². The first kappa shape index (κ1) is 19.5. The van der Waals surface area contributed by atoms with Gasteiger partial charge in [0.25, 0.3) is 5.91 Å². The molecule has 4 aromatic rings. The summed E-state index contributed by atoms with van der Waals surface area (Å²) < 4.78 is 9.76. The minimum absolute atomic E-state index is 0.0861. The highest BCUT2D eigenvalue weighted by Gasteiger charge is 2.21. The lowest BCUT2D eigenvalue weighted by atomic mass is 10.2. The van der Waals surface area contributed by atoms with E-state index in [0.717, 1.165) is 47.7 Å². The highest BCUT2D eigenvalue weighted by atomic mass is 16.5. The van der Waals surface area contributed by atoms with Gasteiger partial charge in [-0.1, -0.05) is 12.1 Å². The molecule has 31 heavy (non-hydrogen) atoms. The second-order valence-electron chi connectivity index (χ2n) is 7.91. The van der Waals surface area contributed by atoms with Gasteiger partial charge in [-0.3, -0.25) is 9.78 Å². The smallest absolute Gasteiger partial charge is 0.253 e. The molecule has 0 bridgehead atoms. The Morgan fingerprint density at radius 1 is 1.29 bits per heavy atom. The molecular weight excluding hydrogens is 390 g/mol. The van der Waals surface area contributed by atoms with Crippen LogP contribution < -0.4 is 5.32 Å². The van der Waals surface area contributed by atoms with E-state index >= 15 is 0 Å². The van der Waals surface area contributed by atoms with Crippen LogP contribution in [0, 0.1) is 6.92 Å². The maximum Gasteiger partial charge on any atom is 0.253 e. The fourth-order valence-corrected chi connectivity index (χ4v) is 4.12. The first-order valence-corrected chi connectivity index (χ1v) is 10.6. The average Bonchev–Trinajstić information content (AvgIpc) is 3.52. The van der Waals surface area contributed by atoms with Crippen molar-refractivity contribution in [1.82, 2.24) is 24.3 Å². The molecule has 1 aliphatic rings. The Morgan fingerprint density at radius 3 is 3.03 bits per heavy atom. The summed E-state index contributed by atoms with van der Waals surface area (Å²) in [6.07, 6.45) is 9.80. The number of aromatic nitrogens is 4. The van der Waals surface area contributed by atoms with Crippen molar-refractivity contribution in [1.29, 1.82) is 0 Å². The Hall–Kier alpha value is -3.45. The van der Waals surface area contributed by atoms with Crippen LogP contribution in [0.5, 0.6) is 0 Å². The van der Waals surface area contributed by atoms with Crippen molar-refractivity contribution in [3.8, 4) is 11.4 Å². The van der Waals surface area contributed by atoms with Crippen molar-refractivity contribution in [3.63, 3.8) is 0 Å². The molecule has 1 N–H and O–H groups in total. The summed E-state index contributed by atoms with van der Waals surface area (Å²) in [4.78, 5) is 21.9. The normalized spacial score (nSPS) is 16.1. The average molecular weight is 415 g/mol. The number of amides is 1. The van der Waals surface area contributed by atoms with Gasteiger partial charge in [-0.25, -0.2) is 4.98 Å². The van der Waals surface area contributed by atoms with E-state index in [2.05, 4.69) is 20.9 Å². The molecule has 0 spiro atoms. The Balaban J connectivity index is 1.45. The van der Waals surface area contributed by atoms with Gasteiger partial charge in [-0.05, 0) is 49.6 Å². The lowest BCUT2D eigenvalue weighted by Crippen LogP contribution is -2.31. The Labute approximate surface area is 180 Å². The standard InChI is InChI=1S/C24H25N5O2/c1-17-27-21(16-28(17)15-18-6-4-9-25-13-18)23-12-20(22-8-2-3-10-29(22)23)24(30)26-14-19-7-5-11-31-19/h2-4,6,8-10,12-13,16,19H,5,7,11,14-15H2,1H3,(H,26,30)/t19-/m1/s1. The fraction of sp³-hybridized carbons (Fsp3) is 0.292. The SMILES string of the molecule is Cc1nc(-c2cc(C(=O)NC[C@H]3CCCO3)c3ccccn23)cn1Cc1cccnc1. The van der Waals surface area contributed by atoms with Crippen LogP contribution in [0.4, 0.5) is 0 Å². The Morgan fingerprint density at radius 2 is 2.23 bits per heavy atom. The van der Waals surface area contributed by atoms with Gasteiger partial charge in [-0.15, -0.1) is 0 Å². The van der Waals surface area contributed by atoms with E-state index in [-0.39, 0.29) is 12.0 Å². The van der Waals surface area contributed by atoms with Crippen molar-refractivity contribution >= 4 is 11.4 Å². The molecule has 1 fully saturated rings. The predicted octanol–water partition coefficient (Wildman–Crippen LogP) is 3.46. The van der Waals surface area contributed by atoms with Crippen LogP contribution >= 0.6 is 0 Å². The largest absolute Gasteiger partial charge is 0.376 e.